The van der Waals surface area contributed by atoms with Crippen LogP contribution in [0.4, 0.5) is 11.4 Å². The zero-order valence-corrected chi connectivity index (χ0v) is 17.8. The van der Waals surface area contributed by atoms with Crippen molar-refractivity contribution < 1.29 is 9.53 Å². The van der Waals surface area contributed by atoms with E-state index in [4.69, 9.17) is 16.3 Å². The first-order chi connectivity index (χ1) is 13.8. The number of nitrogens with zero attached hydrogens (tertiary/aromatic N) is 1. The van der Waals surface area contributed by atoms with Crippen molar-refractivity contribution in [3.63, 3.8) is 0 Å². The minimum Gasteiger partial charge on any atom is -0.491 e. The smallest absolute Gasteiger partial charge is 0.246 e. The molecule has 3 aromatic carbocycles. The fourth-order valence-corrected chi connectivity index (χ4v) is 4.09. The van der Waals surface area contributed by atoms with Crippen LogP contribution in [0.25, 0.3) is 0 Å². The molecule has 1 amide bonds. The number of amides is 1. The summed E-state index contributed by atoms with van der Waals surface area (Å²) in [4.78, 5) is 15.6. The first kappa shape index (κ1) is 19.5. The maximum Gasteiger partial charge on any atom is 0.246 e. The highest BCUT2D eigenvalue weighted by Gasteiger charge is 2.49. The lowest BCUT2D eigenvalue weighted by Crippen LogP contribution is -2.36. The molecule has 3 nitrogen and oxygen atoms in total. The van der Waals surface area contributed by atoms with E-state index in [2.05, 4.69) is 0 Å². The van der Waals surface area contributed by atoms with Crippen molar-refractivity contribution in [1.82, 2.24) is 0 Å². The van der Waals surface area contributed by atoms with Crippen LogP contribution in [-0.2, 0) is 10.2 Å². The van der Waals surface area contributed by atoms with Crippen LogP contribution in [-0.4, -0.2) is 12.0 Å². The highest BCUT2D eigenvalue weighted by molar-refractivity contribution is 6.31. The molecule has 0 spiro atoms. The quantitative estimate of drug-likeness (QED) is 0.501. The molecule has 0 aromatic heterocycles. The average molecular weight is 406 g/mol. The van der Waals surface area contributed by atoms with Gasteiger partial charge in [-0.3, -0.25) is 9.69 Å². The lowest BCUT2D eigenvalue weighted by molar-refractivity contribution is -0.120. The van der Waals surface area contributed by atoms with Gasteiger partial charge < -0.3 is 4.74 Å². The molecule has 3 aromatic rings. The Labute approximate surface area is 176 Å². The SMILES string of the molecule is Cc1ccc(N2C(=O)C(C)(c3ccc(OC(C)C)cc3)c3cc(Cl)ccc32)cc1. The molecule has 0 aliphatic carbocycles. The monoisotopic (exact) mass is 405 g/mol. The van der Waals surface area contributed by atoms with Crippen molar-refractivity contribution in [2.24, 2.45) is 0 Å². The average Bonchev–Trinajstić information content (AvgIpc) is 2.91. The molecule has 4 heteroatoms. The summed E-state index contributed by atoms with van der Waals surface area (Å²) in [7, 11) is 0. The fraction of sp³-hybridized carbons (Fsp3) is 0.240. The summed E-state index contributed by atoms with van der Waals surface area (Å²) in [5, 5.41) is 0.619. The van der Waals surface area contributed by atoms with Crippen LogP contribution in [0.1, 0.15) is 37.5 Å². The van der Waals surface area contributed by atoms with E-state index in [1.54, 1.807) is 4.90 Å². The summed E-state index contributed by atoms with van der Waals surface area (Å²) in [5.74, 6) is 0.802. The van der Waals surface area contributed by atoms with Crippen LogP contribution in [0, 0.1) is 6.92 Å². The highest BCUT2D eigenvalue weighted by atomic mass is 35.5. The number of carbonyl (C=O) groups excluding carboxylic acids is 1. The third kappa shape index (κ3) is 3.30. The zero-order valence-electron chi connectivity index (χ0n) is 17.1. The summed E-state index contributed by atoms with van der Waals surface area (Å²) < 4.78 is 5.77. The fourth-order valence-electron chi connectivity index (χ4n) is 3.92. The summed E-state index contributed by atoms with van der Waals surface area (Å²) >= 11 is 6.33. The predicted octanol–water partition coefficient (Wildman–Crippen LogP) is 6.42. The Morgan fingerprint density at radius 2 is 1.62 bits per heavy atom. The molecule has 0 saturated heterocycles. The number of hydrogen-bond acceptors (Lipinski definition) is 2. The van der Waals surface area contributed by atoms with Crippen molar-refractivity contribution in [3.8, 4) is 5.75 Å². The van der Waals surface area contributed by atoms with Gasteiger partial charge >= 0.3 is 0 Å². The van der Waals surface area contributed by atoms with Crippen LogP contribution in [0.5, 0.6) is 5.75 Å². The molecule has 0 radical (unpaired) electrons. The van der Waals surface area contributed by atoms with Crippen molar-refractivity contribution in [3.05, 3.63) is 88.4 Å². The lowest BCUT2D eigenvalue weighted by Gasteiger charge is -2.25. The molecule has 4 rings (SSSR count). The summed E-state index contributed by atoms with van der Waals surface area (Å²) in [6, 6.07) is 21.5. The third-order valence-electron chi connectivity index (χ3n) is 5.46. The molecule has 29 heavy (non-hydrogen) atoms. The van der Waals surface area contributed by atoms with Gasteiger partial charge in [0.15, 0.2) is 0 Å². The van der Waals surface area contributed by atoms with Gasteiger partial charge in [0.1, 0.15) is 5.75 Å². The van der Waals surface area contributed by atoms with E-state index in [-0.39, 0.29) is 12.0 Å². The van der Waals surface area contributed by atoms with E-state index in [0.29, 0.717) is 5.02 Å². The Kier molecular flexibility index (Phi) is 4.87. The number of halogens is 1. The maximum absolute atomic E-state index is 13.8. The minimum absolute atomic E-state index is 0.0103. The maximum atomic E-state index is 13.8. The number of fused-ring (bicyclic) bond motifs is 1. The van der Waals surface area contributed by atoms with Crippen molar-refractivity contribution in [2.75, 3.05) is 4.90 Å². The Morgan fingerprint density at radius 3 is 2.24 bits per heavy atom. The first-order valence-corrected chi connectivity index (χ1v) is 10.2. The normalized spacial score (nSPS) is 18.3. The molecule has 1 aliphatic heterocycles. The number of aryl methyl sites for hydroxylation is 1. The van der Waals surface area contributed by atoms with Gasteiger partial charge in [-0.25, -0.2) is 0 Å². The molecule has 1 unspecified atom stereocenters. The number of carbonyl (C=O) groups is 1. The molecule has 0 saturated carbocycles. The summed E-state index contributed by atoms with van der Waals surface area (Å²) in [5.41, 5.74) is 3.87. The Balaban J connectivity index is 1.84. The highest BCUT2D eigenvalue weighted by Crippen LogP contribution is 2.49. The second kappa shape index (κ2) is 7.23. The molecule has 0 bridgehead atoms. The molecule has 1 heterocycles. The van der Waals surface area contributed by atoms with Gasteiger partial charge in [0.05, 0.1) is 17.2 Å². The van der Waals surface area contributed by atoms with Crippen LogP contribution in [0.2, 0.25) is 5.02 Å². The van der Waals surface area contributed by atoms with Crippen LogP contribution < -0.4 is 9.64 Å². The minimum atomic E-state index is -0.832. The van der Waals surface area contributed by atoms with E-state index in [9.17, 15) is 4.79 Å². The van der Waals surface area contributed by atoms with Gasteiger partial charge in [-0.1, -0.05) is 41.4 Å². The number of hydrogen-bond donors (Lipinski definition) is 0. The summed E-state index contributed by atoms with van der Waals surface area (Å²) in [6.07, 6.45) is 0.0983. The van der Waals surface area contributed by atoms with Gasteiger partial charge in [-0.15, -0.1) is 0 Å². The van der Waals surface area contributed by atoms with Crippen LogP contribution >= 0.6 is 11.6 Å². The van der Waals surface area contributed by atoms with E-state index in [0.717, 1.165) is 33.8 Å². The molecule has 0 fully saturated rings. The molecular weight excluding hydrogens is 382 g/mol. The molecule has 148 valence electrons. The van der Waals surface area contributed by atoms with E-state index in [1.807, 2.05) is 94.4 Å². The first-order valence-electron chi connectivity index (χ1n) is 9.79. The molecular formula is C25H24ClNO2. The van der Waals surface area contributed by atoms with Gasteiger partial charge in [0.25, 0.3) is 0 Å². The van der Waals surface area contributed by atoms with Gasteiger partial charge in [0.2, 0.25) is 5.91 Å². The van der Waals surface area contributed by atoms with Crippen LogP contribution in [0.15, 0.2) is 66.7 Å². The third-order valence-corrected chi connectivity index (χ3v) is 5.70. The van der Waals surface area contributed by atoms with E-state index >= 15 is 0 Å². The van der Waals surface area contributed by atoms with Crippen LogP contribution in [0.3, 0.4) is 0 Å². The lowest BCUT2D eigenvalue weighted by atomic mass is 9.77. The van der Waals surface area contributed by atoms with Crippen molar-refractivity contribution >= 4 is 28.9 Å². The Bertz CT molecular complexity index is 1060. The largest absolute Gasteiger partial charge is 0.491 e. The number of ether oxygens (including phenoxy) is 1. The molecule has 1 aliphatic rings. The standard InChI is InChI=1S/C25H24ClNO2/c1-16(2)29-21-12-7-18(8-13-21)25(4)22-15-19(26)9-14-23(22)27(24(25)28)20-10-5-17(3)6-11-20/h5-16H,1-4H3. The Morgan fingerprint density at radius 1 is 0.966 bits per heavy atom. The second-order valence-electron chi connectivity index (χ2n) is 7.95. The van der Waals surface area contributed by atoms with Gasteiger partial charge in [0, 0.05) is 10.7 Å². The summed E-state index contributed by atoms with van der Waals surface area (Å²) in [6.45, 7) is 7.99. The Hall–Kier alpha value is -2.78. The van der Waals surface area contributed by atoms with Gasteiger partial charge in [-0.05, 0) is 81.3 Å². The van der Waals surface area contributed by atoms with E-state index in [1.165, 1.54) is 0 Å². The number of rotatable bonds is 4. The zero-order chi connectivity index (χ0) is 20.8. The second-order valence-corrected chi connectivity index (χ2v) is 8.39. The number of anilines is 2. The van der Waals surface area contributed by atoms with E-state index < -0.39 is 5.41 Å². The molecule has 0 N–H and O–H groups in total. The van der Waals surface area contributed by atoms with Crippen molar-refractivity contribution in [2.45, 2.75) is 39.2 Å². The topological polar surface area (TPSA) is 29.5 Å². The molecule has 1 atom stereocenters. The predicted molar refractivity (Wildman–Crippen MR) is 118 cm³/mol. The number of benzene rings is 3. The van der Waals surface area contributed by atoms with Crippen molar-refractivity contribution in [1.29, 1.82) is 0 Å². The van der Waals surface area contributed by atoms with Gasteiger partial charge in [-0.2, -0.15) is 0 Å².